The van der Waals surface area contributed by atoms with Crippen molar-refractivity contribution in [1.29, 1.82) is 0 Å². The minimum absolute atomic E-state index is 0.0710. The highest BCUT2D eigenvalue weighted by atomic mass is 35.5. The molecule has 8 nitrogen and oxygen atoms in total. The zero-order valence-corrected chi connectivity index (χ0v) is 15.7. The molecule has 1 unspecified atom stereocenters. The SMILES string of the molecule is COc1cccc(OCC(=O)NNC2CC(=O)N(c3ccc(Cl)cc3)C2=O)c1. The average molecular weight is 404 g/mol. The maximum atomic E-state index is 12.5. The average Bonchev–Trinajstić information content (AvgIpc) is 2.99. The molecule has 0 saturated carbocycles. The molecule has 0 aliphatic carbocycles. The highest BCUT2D eigenvalue weighted by Crippen LogP contribution is 2.24. The van der Waals surface area contributed by atoms with Crippen molar-refractivity contribution < 1.29 is 23.9 Å². The van der Waals surface area contributed by atoms with Gasteiger partial charge in [-0.1, -0.05) is 17.7 Å². The van der Waals surface area contributed by atoms with E-state index in [1.54, 1.807) is 48.5 Å². The molecule has 3 rings (SSSR count). The number of hydrogen-bond acceptors (Lipinski definition) is 6. The molecule has 0 bridgehead atoms. The Morgan fingerprint density at radius 3 is 2.61 bits per heavy atom. The van der Waals surface area contributed by atoms with Crippen molar-refractivity contribution in [3.05, 3.63) is 53.6 Å². The first-order chi connectivity index (χ1) is 13.5. The number of carbonyl (C=O) groups is 3. The van der Waals surface area contributed by atoms with Gasteiger partial charge in [0, 0.05) is 11.1 Å². The van der Waals surface area contributed by atoms with Gasteiger partial charge >= 0.3 is 0 Å². The molecule has 0 aromatic heterocycles. The van der Waals surface area contributed by atoms with Gasteiger partial charge in [-0.25, -0.2) is 10.3 Å². The number of anilines is 1. The maximum absolute atomic E-state index is 12.5. The largest absolute Gasteiger partial charge is 0.497 e. The summed E-state index contributed by atoms with van der Waals surface area (Å²) in [6.45, 7) is -0.268. The number of nitrogens with zero attached hydrogens (tertiary/aromatic N) is 1. The number of benzene rings is 2. The van der Waals surface area contributed by atoms with Crippen molar-refractivity contribution in [2.24, 2.45) is 0 Å². The van der Waals surface area contributed by atoms with E-state index in [4.69, 9.17) is 21.1 Å². The summed E-state index contributed by atoms with van der Waals surface area (Å²) in [6, 6.07) is 12.3. The lowest BCUT2D eigenvalue weighted by Gasteiger charge is -2.16. The molecular formula is C19H18ClN3O5. The molecule has 2 N–H and O–H groups in total. The quantitative estimate of drug-likeness (QED) is 0.539. The van der Waals surface area contributed by atoms with E-state index in [0.29, 0.717) is 22.2 Å². The molecule has 28 heavy (non-hydrogen) atoms. The van der Waals surface area contributed by atoms with Crippen molar-refractivity contribution in [3.8, 4) is 11.5 Å². The van der Waals surface area contributed by atoms with Crippen LogP contribution in [0.5, 0.6) is 11.5 Å². The number of methoxy groups -OCH3 is 1. The number of nitrogens with one attached hydrogen (secondary N) is 2. The highest BCUT2D eigenvalue weighted by Gasteiger charge is 2.39. The summed E-state index contributed by atoms with van der Waals surface area (Å²) in [6.07, 6.45) is -0.0710. The Hall–Kier alpha value is -3.10. The molecule has 2 aromatic carbocycles. The van der Waals surface area contributed by atoms with Crippen LogP contribution in [0.4, 0.5) is 5.69 Å². The summed E-state index contributed by atoms with van der Waals surface area (Å²) in [7, 11) is 1.53. The third kappa shape index (κ3) is 4.59. The summed E-state index contributed by atoms with van der Waals surface area (Å²) in [5.41, 5.74) is 5.41. The molecule has 1 heterocycles. The van der Waals surface area contributed by atoms with Crippen LogP contribution in [0.2, 0.25) is 5.02 Å². The molecule has 1 fully saturated rings. The van der Waals surface area contributed by atoms with Gasteiger partial charge in [-0.2, -0.15) is 0 Å². The fourth-order valence-corrected chi connectivity index (χ4v) is 2.78. The van der Waals surface area contributed by atoms with Crippen LogP contribution in [0.15, 0.2) is 48.5 Å². The number of hydrazine groups is 1. The molecule has 9 heteroatoms. The van der Waals surface area contributed by atoms with Gasteiger partial charge in [-0.15, -0.1) is 0 Å². The summed E-state index contributed by atoms with van der Waals surface area (Å²) < 4.78 is 10.4. The molecular weight excluding hydrogens is 386 g/mol. The van der Waals surface area contributed by atoms with E-state index >= 15 is 0 Å². The van der Waals surface area contributed by atoms with Gasteiger partial charge in [-0.05, 0) is 36.4 Å². The van der Waals surface area contributed by atoms with E-state index in [1.807, 2.05) is 0 Å². The first kappa shape index (κ1) is 19.7. The zero-order valence-electron chi connectivity index (χ0n) is 15.0. The topological polar surface area (TPSA) is 97.0 Å². The summed E-state index contributed by atoms with van der Waals surface area (Å²) in [5, 5.41) is 0.501. The van der Waals surface area contributed by atoms with Crippen LogP contribution in [-0.2, 0) is 14.4 Å². The predicted molar refractivity (Wildman–Crippen MR) is 102 cm³/mol. The Morgan fingerprint density at radius 2 is 1.89 bits per heavy atom. The van der Waals surface area contributed by atoms with Gasteiger partial charge in [0.05, 0.1) is 19.2 Å². The lowest BCUT2D eigenvalue weighted by atomic mass is 10.2. The van der Waals surface area contributed by atoms with Gasteiger partial charge in [0.1, 0.15) is 17.5 Å². The third-order valence-corrected chi connectivity index (χ3v) is 4.28. The standard InChI is InChI=1S/C19H18ClN3O5/c1-27-14-3-2-4-15(9-14)28-11-17(24)22-21-16-10-18(25)23(19(16)26)13-7-5-12(20)6-8-13/h2-9,16,21H,10-11H2,1H3,(H,22,24). The lowest BCUT2D eigenvalue weighted by molar-refractivity contribution is -0.125. The van der Waals surface area contributed by atoms with Crippen molar-refractivity contribution in [3.63, 3.8) is 0 Å². The summed E-state index contributed by atoms with van der Waals surface area (Å²) in [4.78, 5) is 37.7. The second-order valence-electron chi connectivity index (χ2n) is 5.96. The van der Waals surface area contributed by atoms with E-state index in [2.05, 4.69) is 10.9 Å². The summed E-state index contributed by atoms with van der Waals surface area (Å²) in [5.74, 6) is -0.245. The van der Waals surface area contributed by atoms with E-state index in [9.17, 15) is 14.4 Å². The smallest absolute Gasteiger partial charge is 0.272 e. The van der Waals surface area contributed by atoms with Crippen molar-refractivity contribution >= 4 is 35.0 Å². The monoisotopic (exact) mass is 403 g/mol. The lowest BCUT2D eigenvalue weighted by Crippen LogP contribution is -2.49. The van der Waals surface area contributed by atoms with Crippen molar-refractivity contribution in [2.45, 2.75) is 12.5 Å². The highest BCUT2D eigenvalue weighted by molar-refractivity contribution is 6.30. The van der Waals surface area contributed by atoms with Gasteiger partial charge < -0.3 is 9.47 Å². The molecule has 0 radical (unpaired) electrons. The molecule has 3 amide bonds. The molecule has 1 atom stereocenters. The van der Waals surface area contributed by atoms with Gasteiger partial charge in [0.2, 0.25) is 5.91 Å². The molecule has 1 saturated heterocycles. The minimum Gasteiger partial charge on any atom is -0.497 e. The summed E-state index contributed by atoms with van der Waals surface area (Å²) >= 11 is 5.83. The van der Waals surface area contributed by atoms with Gasteiger partial charge in [-0.3, -0.25) is 19.8 Å². The number of amides is 3. The second kappa shape index (κ2) is 8.73. The van der Waals surface area contributed by atoms with Crippen LogP contribution >= 0.6 is 11.6 Å². The normalized spacial score (nSPS) is 16.2. The van der Waals surface area contributed by atoms with E-state index in [-0.39, 0.29) is 18.9 Å². The molecule has 1 aliphatic rings. The number of imide groups is 1. The molecule has 146 valence electrons. The van der Waals surface area contributed by atoms with E-state index in [1.165, 1.54) is 7.11 Å². The number of rotatable bonds is 7. The van der Waals surface area contributed by atoms with Crippen molar-refractivity contribution in [1.82, 2.24) is 10.9 Å². The van der Waals surface area contributed by atoms with Crippen LogP contribution in [-0.4, -0.2) is 37.5 Å². The van der Waals surface area contributed by atoms with Crippen LogP contribution in [0, 0.1) is 0 Å². The fourth-order valence-electron chi connectivity index (χ4n) is 2.65. The van der Waals surface area contributed by atoms with Crippen molar-refractivity contribution in [2.75, 3.05) is 18.6 Å². The minimum atomic E-state index is -0.857. The van der Waals surface area contributed by atoms with E-state index in [0.717, 1.165) is 4.90 Å². The Morgan fingerprint density at radius 1 is 1.18 bits per heavy atom. The Bertz CT molecular complexity index is 887. The number of halogens is 1. The number of carbonyl (C=O) groups excluding carboxylic acids is 3. The first-order valence-corrected chi connectivity index (χ1v) is 8.79. The Labute approximate surface area is 166 Å². The molecule has 2 aromatic rings. The number of hydrogen-bond donors (Lipinski definition) is 2. The third-order valence-electron chi connectivity index (χ3n) is 4.03. The zero-order chi connectivity index (χ0) is 20.1. The Kier molecular flexibility index (Phi) is 6.13. The fraction of sp³-hybridized carbons (Fsp3) is 0.211. The van der Waals surface area contributed by atoms with Crippen LogP contribution in [0.3, 0.4) is 0 Å². The molecule has 0 spiro atoms. The van der Waals surface area contributed by atoms with Gasteiger partial charge in [0.15, 0.2) is 6.61 Å². The van der Waals surface area contributed by atoms with E-state index < -0.39 is 17.9 Å². The van der Waals surface area contributed by atoms with Gasteiger partial charge in [0.25, 0.3) is 11.8 Å². The second-order valence-corrected chi connectivity index (χ2v) is 6.40. The first-order valence-electron chi connectivity index (χ1n) is 8.41. The maximum Gasteiger partial charge on any atom is 0.272 e. The van der Waals surface area contributed by atoms with Crippen LogP contribution in [0.25, 0.3) is 0 Å². The Balaban J connectivity index is 1.51. The predicted octanol–water partition coefficient (Wildman–Crippen LogP) is 1.68. The van der Waals surface area contributed by atoms with Crippen LogP contribution in [0.1, 0.15) is 6.42 Å². The number of ether oxygens (including phenoxy) is 2. The molecule has 1 aliphatic heterocycles. The van der Waals surface area contributed by atoms with Crippen LogP contribution < -0.4 is 25.2 Å².